The second kappa shape index (κ2) is 6.59. The first kappa shape index (κ1) is 16.4. The van der Waals surface area contributed by atoms with E-state index in [0.29, 0.717) is 23.6 Å². The summed E-state index contributed by atoms with van der Waals surface area (Å²) in [4.78, 5) is 23.9. The van der Waals surface area contributed by atoms with Crippen LogP contribution in [0.3, 0.4) is 0 Å². The van der Waals surface area contributed by atoms with E-state index in [1.165, 1.54) is 0 Å². The van der Waals surface area contributed by atoms with Gasteiger partial charge >= 0.3 is 0 Å². The zero-order valence-corrected chi connectivity index (χ0v) is 14.6. The van der Waals surface area contributed by atoms with E-state index >= 15 is 0 Å². The summed E-state index contributed by atoms with van der Waals surface area (Å²) in [5, 5.41) is 7.06. The minimum atomic E-state index is -0.0368. The topological polar surface area (TPSA) is 84.2 Å². The number of aryl methyl sites for hydroxylation is 3. The predicted molar refractivity (Wildman–Crippen MR) is 89.9 cm³/mol. The molecule has 1 fully saturated rings. The number of aromatic nitrogens is 3. The predicted octanol–water partition coefficient (Wildman–Crippen LogP) is 2.66. The Morgan fingerprint density at radius 2 is 2.21 bits per heavy atom. The molecule has 0 aromatic carbocycles. The van der Waals surface area contributed by atoms with Gasteiger partial charge in [0.2, 0.25) is 0 Å². The van der Waals surface area contributed by atoms with Crippen LogP contribution in [0.15, 0.2) is 10.6 Å². The van der Waals surface area contributed by atoms with Gasteiger partial charge in [0.25, 0.3) is 5.91 Å². The van der Waals surface area contributed by atoms with E-state index in [2.05, 4.69) is 20.4 Å². The van der Waals surface area contributed by atoms with Gasteiger partial charge in [-0.15, -0.1) is 0 Å². The second-order valence-electron chi connectivity index (χ2n) is 6.05. The molecule has 7 heteroatoms. The first-order valence-electron chi connectivity index (χ1n) is 8.34. The van der Waals surface area contributed by atoms with Crippen molar-refractivity contribution in [3.05, 3.63) is 34.6 Å². The number of rotatable bonds is 4. The molecule has 128 valence electrons. The number of anilines is 1. The summed E-state index contributed by atoms with van der Waals surface area (Å²) in [5.74, 6) is 2.03. The molecule has 0 saturated carbocycles. The molecule has 1 atom stereocenters. The van der Waals surface area contributed by atoms with E-state index in [1.807, 2.05) is 31.9 Å². The molecule has 0 spiro atoms. The van der Waals surface area contributed by atoms with Crippen LogP contribution in [0.2, 0.25) is 0 Å². The summed E-state index contributed by atoms with van der Waals surface area (Å²) >= 11 is 0. The van der Waals surface area contributed by atoms with Crippen molar-refractivity contribution in [1.29, 1.82) is 0 Å². The van der Waals surface area contributed by atoms with E-state index < -0.39 is 0 Å². The quantitative estimate of drug-likeness (QED) is 0.928. The third-order valence-corrected chi connectivity index (χ3v) is 4.45. The van der Waals surface area contributed by atoms with Gasteiger partial charge in [-0.2, -0.15) is 0 Å². The molecule has 0 bridgehead atoms. The van der Waals surface area contributed by atoms with Gasteiger partial charge in [0.05, 0.1) is 17.4 Å². The highest BCUT2D eigenvalue weighted by Crippen LogP contribution is 2.34. The molecule has 0 aliphatic carbocycles. The van der Waals surface area contributed by atoms with Crippen molar-refractivity contribution in [1.82, 2.24) is 20.0 Å². The highest BCUT2D eigenvalue weighted by Gasteiger charge is 2.34. The van der Waals surface area contributed by atoms with Gasteiger partial charge in [0.1, 0.15) is 23.0 Å². The Balaban J connectivity index is 1.95. The maximum absolute atomic E-state index is 13.1. The lowest BCUT2D eigenvalue weighted by Crippen LogP contribution is -2.32. The van der Waals surface area contributed by atoms with Crippen LogP contribution in [0, 0.1) is 13.8 Å². The highest BCUT2D eigenvalue weighted by atomic mass is 16.5. The van der Waals surface area contributed by atoms with E-state index in [9.17, 15) is 4.79 Å². The van der Waals surface area contributed by atoms with Gasteiger partial charge in [-0.1, -0.05) is 12.1 Å². The van der Waals surface area contributed by atoms with Crippen LogP contribution in [0.4, 0.5) is 5.82 Å². The Kier molecular flexibility index (Phi) is 4.51. The Morgan fingerprint density at radius 1 is 1.42 bits per heavy atom. The monoisotopic (exact) mass is 329 g/mol. The van der Waals surface area contributed by atoms with Gasteiger partial charge in [-0.25, -0.2) is 9.97 Å². The molecule has 0 radical (unpaired) electrons. The number of carbonyl (C=O) groups excluding carboxylic acids is 1. The molecule has 7 nitrogen and oxygen atoms in total. The van der Waals surface area contributed by atoms with Crippen LogP contribution < -0.4 is 5.32 Å². The normalized spacial score (nSPS) is 17.3. The van der Waals surface area contributed by atoms with Gasteiger partial charge in [-0.3, -0.25) is 4.79 Å². The number of likely N-dealkylation sites (tertiary alicyclic amines) is 1. The fraction of sp³-hybridized carbons (Fsp3) is 0.529. The summed E-state index contributed by atoms with van der Waals surface area (Å²) in [7, 11) is 1.83. The van der Waals surface area contributed by atoms with Gasteiger partial charge < -0.3 is 14.7 Å². The standard InChI is InChI=1S/C17H23N5O2/c1-5-12-16(10(2)24-21-12)17(23)22-8-6-7-14(22)13-9-15(18-4)20-11(3)19-13/h9,14H,5-8H2,1-4H3,(H,18,19,20)/t14-/m0/s1. The lowest BCUT2D eigenvalue weighted by atomic mass is 10.1. The molecule has 1 aliphatic heterocycles. The average molecular weight is 329 g/mol. The summed E-state index contributed by atoms with van der Waals surface area (Å²) < 4.78 is 5.23. The van der Waals surface area contributed by atoms with Crippen molar-refractivity contribution in [3.8, 4) is 0 Å². The zero-order valence-electron chi connectivity index (χ0n) is 14.6. The largest absolute Gasteiger partial charge is 0.373 e. The van der Waals surface area contributed by atoms with Crippen molar-refractivity contribution >= 4 is 11.7 Å². The van der Waals surface area contributed by atoms with Gasteiger partial charge in [0, 0.05) is 19.7 Å². The average Bonchev–Trinajstić information content (AvgIpc) is 3.20. The Bertz CT molecular complexity index is 755. The van der Waals surface area contributed by atoms with Crippen LogP contribution in [0.25, 0.3) is 0 Å². The van der Waals surface area contributed by atoms with Crippen molar-refractivity contribution in [2.45, 2.75) is 46.1 Å². The minimum absolute atomic E-state index is 0.0182. The smallest absolute Gasteiger partial charge is 0.259 e. The molecule has 3 heterocycles. The van der Waals surface area contributed by atoms with Crippen LogP contribution in [0.5, 0.6) is 0 Å². The fourth-order valence-electron chi connectivity index (χ4n) is 3.28. The summed E-state index contributed by atoms with van der Waals surface area (Å²) in [5.41, 5.74) is 2.20. The van der Waals surface area contributed by atoms with E-state index in [0.717, 1.165) is 36.6 Å². The van der Waals surface area contributed by atoms with Gasteiger partial charge in [-0.05, 0) is 33.1 Å². The Hall–Kier alpha value is -2.44. The summed E-state index contributed by atoms with van der Waals surface area (Å²) in [6.45, 7) is 6.35. The molecule has 0 unspecified atom stereocenters. The molecule has 2 aromatic rings. The minimum Gasteiger partial charge on any atom is -0.373 e. The van der Waals surface area contributed by atoms with Crippen molar-refractivity contribution in [3.63, 3.8) is 0 Å². The van der Waals surface area contributed by atoms with Crippen molar-refractivity contribution in [2.75, 3.05) is 18.9 Å². The SMILES string of the molecule is CCc1noc(C)c1C(=O)N1CCC[C@H]1c1cc(NC)nc(C)n1. The summed E-state index contributed by atoms with van der Waals surface area (Å²) in [6, 6.07) is 1.88. The Labute approximate surface area is 141 Å². The van der Waals surface area contributed by atoms with Crippen LogP contribution in [-0.2, 0) is 6.42 Å². The molecule has 1 aliphatic rings. The Morgan fingerprint density at radius 3 is 2.92 bits per heavy atom. The van der Waals surface area contributed by atoms with E-state index in [-0.39, 0.29) is 11.9 Å². The zero-order chi connectivity index (χ0) is 17.3. The fourth-order valence-corrected chi connectivity index (χ4v) is 3.28. The van der Waals surface area contributed by atoms with Gasteiger partial charge in [0.15, 0.2) is 0 Å². The number of hydrogen-bond acceptors (Lipinski definition) is 6. The van der Waals surface area contributed by atoms with Crippen LogP contribution in [-0.4, -0.2) is 39.5 Å². The van der Waals surface area contributed by atoms with Crippen molar-refractivity contribution in [2.24, 2.45) is 0 Å². The van der Waals surface area contributed by atoms with E-state index in [1.54, 1.807) is 6.92 Å². The molecule has 2 aromatic heterocycles. The number of hydrogen-bond donors (Lipinski definition) is 1. The molecule has 1 N–H and O–H groups in total. The summed E-state index contributed by atoms with van der Waals surface area (Å²) in [6.07, 6.45) is 2.53. The third-order valence-electron chi connectivity index (χ3n) is 4.45. The first-order valence-corrected chi connectivity index (χ1v) is 8.34. The molecular weight excluding hydrogens is 306 g/mol. The molecular formula is C17H23N5O2. The molecule has 1 amide bonds. The van der Waals surface area contributed by atoms with Crippen LogP contribution in [0.1, 0.15) is 59.1 Å². The maximum Gasteiger partial charge on any atom is 0.259 e. The first-order chi connectivity index (χ1) is 11.5. The third kappa shape index (κ3) is 2.86. The van der Waals surface area contributed by atoms with Crippen molar-refractivity contribution < 1.29 is 9.32 Å². The number of carbonyl (C=O) groups is 1. The highest BCUT2D eigenvalue weighted by molar-refractivity contribution is 5.96. The lowest BCUT2D eigenvalue weighted by molar-refractivity contribution is 0.0730. The second-order valence-corrected chi connectivity index (χ2v) is 6.05. The molecule has 24 heavy (non-hydrogen) atoms. The van der Waals surface area contributed by atoms with Crippen LogP contribution >= 0.6 is 0 Å². The number of nitrogens with one attached hydrogen (secondary N) is 1. The molecule has 1 saturated heterocycles. The molecule has 3 rings (SSSR count). The maximum atomic E-state index is 13.1. The number of nitrogens with zero attached hydrogens (tertiary/aromatic N) is 4. The van der Waals surface area contributed by atoms with E-state index in [4.69, 9.17) is 4.52 Å². The number of amides is 1. The lowest BCUT2D eigenvalue weighted by Gasteiger charge is -2.24.